The number of rotatable bonds is 3. The average Bonchev–Trinajstić information content (AvgIpc) is 2.84. The van der Waals surface area contributed by atoms with Gasteiger partial charge in [-0.2, -0.15) is 18.3 Å². The van der Waals surface area contributed by atoms with Crippen LogP contribution in [0.25, 0.3) is 0 Å². The number of carboxylic acid groups (broad SMARTS) is 1. The van der Waals surface area contributed by atoms with Gasteiger partial charge in [0.05, 0.1) is 24.4 Å². The van der Waals surface area contributed by atoms with Gasteiger partial charge >= 0.3 is 17.8 Å². The zero-order valence-electron chi connectivity index (χ0n) is 12.9. The maximum Gasteiger partial charge on any atom is 0.392 e. The van der Waals surface area contributed by atoms with E-state index in [1.54, 1.807) is 0 Å². The van der Waals surface area contributed by atoms with Crippen LogP contribution in [0.1, 0.15) is 24.0 Å². The fourth-order valence-corrected chi connectivity index (χ4v) is 2.86. The summed E-state index contributed by atoms with van der Waals surface area (Å²) in [6, 6.07) is -1.21. The van der Waals surface area contributed by atoms with E-state index in [-0.39, 0.29) is 11.5 Å². The highest BCUT2D eigenvalue weighted by molar-refractivity contribution is 5.72. The largest absolute Gasteiger partial charge is 0.480 e. The van der Waals surface area contributed by atoms with Crippen molar-refractivity contribution in [3.05, 3.63) is 45.9 Å². The van der Waals surface area contributed by atoms with Crippen LogP contribution in [0.4, 0.5) is 22.0 Å². The molecule has 2 aromatic rings. The number of aliphatic carboxylic acids is 1. The van der Waals surface area contributed by atoms with Crippen molar-refractivity contribution in [2.24, 2.45) is 5.92 Å². The Morgan fingerprint density at radius 2 is 2.04 bits per heavy atom. The summed E-state index contributed by atoms with van der Waals surface area (Å²) < 4.78 is 66.9. The first-order chi connectivity index (χ1) is 12.1. The number of halogens is 5. The summed E-state index contributed by atoms with van der Waals surface area (Å²) in [6.07, 6.45) is -5.42. The number of hydrogen-bond acceptors (Lipinski definition) is 4. The minimum Gasteiger partial charge on any atom is -0.480 e. The van der Waals surface area contributed by atoms with Crippen molar-refractivity contribution in [1.29, 1.82) is 0 Å². The van der Waals surface area contributed by atoms with Gasteiger partial charge in [-0.1, -0.05) is 0 Å². The van der Waals surface area contributed by atoms with Crippen molar-refractivity contribution >= 4 is 5.97 Å². The molecule has 2 aromatic heterocycles. The zero-order valence-corrected chi connectivity index (χ0v) is 12.9. The van der Waals surface area contributed by atoms with Gasteiger partial charge in [0.15, 0.2) is 0 Å². The summed E-state index contributed by atoms with van der Waals surface area (Å²) in [5.74, 6) is -5.94. The number of nitrogens with zero attached hydrogens (tertiary/aromatic N) is 4. The van der Waals surface area contributed by atoms with Crippen LogP contribution in [0.3, 0.4) is 0 Å². The van der Waals surface area contributed by atoms with Crippen LogP contribution in [0.2, 0.25) is 0 Å². The van der Waals surface area contributed by atoms with Gasteiger partial charge in [0.25, 0.3) is 0 Å². The minimum absolute atomic E-state index is 0.358. The van der Waals surface area contributed by atoms with Gasteiger partial charge in [0.1, 0.15) is 23.5 Å². The van der Waals surface area contributed by atoms with E-state index in [4.69, 9.17) is 0 Å². The van der Waals surface area contributed by atoms with Crippen LogP contribution in [-0.4, -0.2) is 36.6 Å². The molecule has 7 nitrogen and oxygen atoms in total. The van der Waals surface area contributed by atoms with Crippen LogP contribution in [0, 0.1) is 17.6 Å². The Labute approximate surface area is 141 Å². The molecule has 0 amide bonds. The van der Waals surface area contributed by atoms with Gasteiger partial charge in [-0.3, -0.25) is 9.55 Å². The van der Waals surface area contributed by atoms with Gasteiger partial charge in [0, 0.05) is 12.5 Å². The Balaban J connectivity index is 2.02. The summed E-state index contributed by atoms with van der Waals surface area (Å²) in [5.41, 5.74) is -1.36. The molecule has 0 bridgehead atoms. The molecule has 0 saturated carbocycles. The third-order valence-corrected chi connectivity index (χ3v) is 4.12. The number of carboxylic acids is 1. The molecule has 2 unspecified atom stereocenters. The third-order valence-electron chi connectivity index (χ3n) is 4.12. The zero-order chi connectivity index (χ0) is 19.2. The van der Waals surface area contributed by atoms with E-state index in [1.165, 1.54) is 0 Å². The van der Waals surface area contributed by atoms with Crippen LogP contribution in [0.5, 0.6) is 0 Å². The fourth-order valence-electron chi connectivity index (χ4n) is 2.86. The maximum absolute atomic E-state index is 13.7. The second-order valence-electron chi connectivity index (χ2n) is 5.84. The molecule has 140 valence electrons. The molecule has 0 radical (unpaired) electrons. The van der Waals surface area contributed by atoms with Crippen molar-refractivity contribution in [3.63, 3.8) is 0 Å². The molecular weight excluding hydrogens is 367 g/mol. The minimum atomic E-state index is -4.65. The molecule has 2 atom stereocenters. The van der Waals surface area contributed by atoms with Gasteiger partial charge < -0.3 is 5.11 Å². The molecule has 1 N–H and O–H groups in total. The predicted molar refractivity (Wildman–Crippen MR) is 74.3 cm³/mol. The average molecular weight is 378 g/mol. The summed E-state index contributed by atoms with van der Waals surface area (Å²) in [6.45, 7) is -0.575. The highest BCUT2D eigenvalue weighted by Gasteiger charge is 2.47. The van der Waals surface area contributed by atoms with E-state index in [0.717, 1.165) is 0 Å². The summed E-state index contributed by atoms with van der Waals surface area (Å²) in [5, 5.41) is 12.9. The molecule has 0 aliphatic carbocycles. The lowest BCUT2D eigenvalue weighted by atomic mass is 9.92. The Bertz CT molecular complexity index is 920. The molecule has 26 heavy (non-hydrogen) atoms. The molecule has 12 heteroatoms. The van der Waals surface area contributed by atoms with Crippen LogP contribution < -0.4 is 5.69 Å². The number of alkyl halides is 3. The molecule has 3 heterocycles. The van der Waals surface area contributed by atoms with E-state index in [2.05, 4.69) is 10.1 Å². The van der Waals surface area contributed by atoms with Crippen molar-refractivity contribution < 1.29 is 31.9 Å². The van der Waals surface area contributed by atoms with Gasteiger partial charge in [0.2, 0.25) is 0 Å². The fraction of sp³-hybridized carbons (Fsp3) is 0.429. The van der Waals surface area contributed by atoms with E-state index >= 15 is 0 Å². The van der Waals surface area contributed by atoms with Crippen LogP contribution in [-0.2, 0) is 17.8 Å². The van der Waals surface area contributed by atoms with Gasteiger partial charge in [-0.25, -0.2) is 23.1 Å². The van der Waals surface area contributed by atoms with Crippen molar-refractivity contribution in [1.82, 2.24) is 19.3 Å². The second-order valence-corrected chi connectivity index (χ2v) is 5.84. The van der Waals surface area contributed by atoms with E-state index in [0.29, 0.717) is 21.5 Å². The molecule has 0 aromatic carbocycles. The normalized spacial score (nSPS) is 20.0. The molecule has 0 fully saturated rings. The first kappa shape index (κ1) is 18.0. The Morgan fingerprint density at radius 1 is 1.35 bits per heavy atom. The Hall–Kier alpha value is -2.79. The standard InChI is InChI=1S/C14H11F5N4O3/c15-7-3-8(16)9(20-4-7)5-22-13(26)23-10(12(24)25)1-6(14(17,18)19)2-11(23)21-22/h3-4,6,10H,1-2,5H2,(H,24,25). The highest BCUT2D eigenvalue weighted by atomic mass is 19.4. The van der Waals surface area contributed by atoms with E-state index < -0.39 is 60.8 Å². The van der Waals surface area contributed by atoms with Gasteiger partial charge in [-0.05, 0) is 6.42 Å². The third kappa shape index (κ3) is 3.18. The second kappa shape index (κ2) is 6.18. The summed E-state index contributed by atoms with van der Waals surface area (Å²) in [4.78, 5) is 27.2. The molecule has 3 rings (SSSR count). The summed E-state index contributed by atoms with van der Waals surface area (Å²) in [7, 11) is 0. The smallest absolute Gasteiger partial charge is 0.392 e. The molecule has 1 aliphatic heterocycles. The lowest BCUT2D eigenvalue weighted by molar-refractivity contribution is -0.183. The number of hydrogen-bond donors (Lipinski definition) is 1. The van der Waals surface area contributed by atoms with E-state index in [1.807, 2.05) is 0 Å². The maximum atomic E-state index is 13.7. The van der Waals surface area contributed by atoms with Gasteiger partial charge in [-0.15, -0.1) is 0 Å². The number of pyridine rings is 1. The molecular formula is C14H11F5N4O3. The van der Waals surface area contributed by atoms with Crippen LogP contribution in [0.15, 0.2) is 17.1 Å². The number of fused-ring (bicyclic) bond motifs is 1. The lowest BCUT2D eigenvalue weighted by Gasteiger charge is -2.28. The Morgan fingerprint density at radius 3 is 2.62 bits per heavy atom. The quantitative estimate of drug-likeness (QED) is 0.818. The number of carbonyl (C=O) groups is 1. The monoisotopic (exact) mass is 378 g/mol. The topological polar surface area (TPSA) is 90.0 Å². The SMILES string of the molecule is O=C(O)C1CC(C(F)(F)F)Cc2nn(Cc3ncc(F)cc3F)c(=O)n21. The van der Waals surface area contributed by atoms with E-state index in [9.17, 15) is 36.6 Å². The number of aromatic nitrogens is 4. The first-order valence-electron chi connectivity index (χ1n) is 7.35. The highest BCUT2D eigenvalue weighted by Crippen LogP contribution is 2.38. The van der Waals surface area contributed by atoms with Crippen molar-refractivity contribution in [2.45, 2.75) is 31.6 Å². The summed E-state index contributed by atoms with van der Waals surface area (Å²) >= 11 is 0. The first-order valence-corrected chi connectivity index (χ1v) is 7.35. The lowest BCUT2D eigenvalue weighted by Crippen LogP contribution is -2.40. The van der Waals surface area contributed by atoms with Crippen LogP contribution >= 0.6 is 0 Å². The van der Waals surface area contributed by atoms with Crippen molar-refractivity contribution in [2.75, 3.05) is 0 Å². The molecule has 0 spiro atoms. The predicted octanol–water partition coefficient (Wildman–Crippen LogP) is 1.52. The Kier molecular flexibility index (Phi) is 4.28. The molecule has 1 aliphatic rings. The molecule has 0 saturated heterocycles. The van der Waals surface area contributed by atoms with Crippen molar-refractivity contribution in [3.8, 4) is 0 Å².